The lowest BCUT2D eigenvalue weighted by Crippen LogP contribution is -2.22. The molecule has 0 aliphatic heterocycles. The third-order valence-electron chi connectivity index (χ3n) is 3.81. The van der Waals surface area contributed by atoms with Gasteiger partial charge in [-0.05, 0) is 30.2 Å². The van der Waals surface area contributed by atoms with Crippen molar-refractivity contribution in [2.24, 2.45) is 0 Å². The summed E-state index contributed by atoms with van der Waals surface area (Å²) in [4.78, 5) is 11.7. The van der Waals surface area contributed by atoms with Gasteiger partial charge < -0.3 is 4.74 Å². The molecule has 0 spiro atoms. The zero-order valence-electron chi connectivity index (χ0n) is 13.4. The smallest absolute Gasteiger partial charge is 0.131 e. The molecule has 2 nitrogen and oxygen atoms in total. The van der Waals surface area contributed by atoms with Crippen molar-refractivity contribution < 1.29 is 9.53 Å². The Kier molecular flexibility index (Phi) is 5.16. The van der Waals surface area contributed by atoms with Crippen LogP contribution in [0.4, 0.5) is 0 Å². The van der Waals surface area contributed by atoms with E-state index in [9.17, 15) is 4.79 Å². The summed E-state index contributed by atoms with van der Waals surface area (Å²) < 4.78 is 5.17. The Hall–Kier alpha value is -2.35. The van der Waals surface area contributed by atoms with Gasteiger partial charge in [0.2, 0.25) is 0 Å². The summed E-state index contributed by atoms with van der Waals surface area (Å²) in [5.74, 6) is 1.03. The van der Waals surface area contributed by atoms with Gasteiger partial charge in [0.05, 0.1) is 7.11 Å². The monoisotopic (exact) mass is 294 g/mol. The van der Waals surface area contributed by atoms with Crippen LogP contribution in [0.5, 0.6) is 5.75 Å². The number of carbonyl (C=O) groups excluding carboxylic acids is 1. The highest BCUT2D eigenvalue weighted by atomic mass is 16.5. The van der Waals surface area contributed by atoms with Crippen molar-refractivity contribution in [3.8, 4) is 5.75 Å². The van der Waals surface area contributed by atoms with E-state index in [1.165, 1.54) is 0 Å². The number of allylic oxidation sites excluding steroid dienone is 1. The molecular formula is C20H22O2. The summed E-state index contributed by atoms with van der Waals surface area (Å²) >= 11 is 0. The number of ketones is 1. The average molecular weight is 294 g/mol. The first-order valence-corrected chi connectivity index (χ1v) is 7.42. The van der Waals surface area contributed by atoms with Crippen LogP contribution in [0.25, 0.3) is 6.08 Å². The maximum atomic E-state index is 11.7. The number of hydrogen-bond donors (Lipinski definition) is 0. The molecule has 0 bridgehead atoms. The quantitative estimate of drug-likeness (QED) is 0.775. The highest BCUT2D eigenvalue weighted by Gasteiger charge is 2.25. The van der Waals surface area contributed by atoms with Crippen molar-refractivity contribution in [1.29, 1.82) is 0 Å². The van der Waals surface area contributed by atoms with Gasteiger partial charge in [0.15, 0.2) is 0 Å². The molecule has 114 valence electrons. The second-order valence-electron chi connectivity index (χ2n) is 5.77. The molecule has 0 fully saturated rings. The number of benzene rings is 2. The second-order valence-corrected chi connectivity index (χ2v) is 5.77. The topological polar surface area (TPSA) is 26.3 Å². The van der Waals surface area contributed by atoms with E-state index in [2.05, 4.69) is 31.2 Å². The van der Waals surface area contributed by atoms with E-state index in [0.29, 0.717) is 6.42 Å². The van der Waals surface area contributed by atoms with Crippen LogP contribution in [-0.4, -0.2) is 12.9 Å². The van der Waals surface area contributed by atoms with Gasteiger partial charge in [-0.1, -0.05) is 61.5 Å². The molecule has 1 atom stereocenters. The Balaban J connectivity index is 2.29. The minimum Gasteiger partial charge on any atom is -0.497 e. The summed E-state index contributed by atoms with van der Waals surface area (Å²) in [5, 5.41) is 0. The molecule has 0 heterocycles. The fraction of sp³-hybridized carbons (Fsp3) is 0.250. The van der Waals surface area contributed by atoms with Gasteiger partial charge in [-0.2, -0.15) is 0 Å². The summed E-state index contributed by atoms with van der Waals surface area (Å²) in [6, 6.07) is 18.0. The van der Waals surface area contributed by atoms with Crippen LogP contribution in [-0.2, 0) is 10.2 Å². The number of hydrogen-bond acceptors (Lipinski definition) is 2. The largest absolute Gasteiger partial charge is 0.497 e. The lowest BCUT2D eigenvalue weighted by atomic mass is 9.78. The molecule has 0 saturated carbocycles. The summed E-state index contributed by atoms with van der Waals surface area (Å²) in [7, 11) is 1.66. The average Bonchev–Trinajstić information content (AvgIpc) is 2.54. The molecule has 0 aromatic heterocycles. The molecule has 0 saturated heterocycles. The van der Waals surface area contributed by atoms with Crippen LogP contribution in [0.15, 0.2) is 60.7 Å². The van der Waals surface area contributed by atoms with E-state index in [4.69, 9.17) is 4.74 Å². The van der Waals surface area contributed by atoms with Gasteiger partial charge >= 0.3 is 0 Å². The van der Waals surface area contributed by atoms with Gasteiger partial charge in [0.25, 0.3) is 0 Å². The van der Waals surface area contributed by atoms with E-state index >= 15 is 0 Å². The Morgan fingerprint density at radius 1 is 1.09 bits per heavy atom. The number of rotatable bonds is 6. The van der Waals surface area contributed by atoms with Gasteiger partial charge in [0, 0.05) is 11.8 Å². The van der Waals surface area contributed by atoms with Crippen LogP contribution in [0.2, 0.25) is 0 Å². The van der Waals surface area contributed by atoms with Crippen LogP contribution in [0, 0.1) is 0 Å². The van der Waals surface area contributed by atoms with Crippen molar-refractivity contribution in [2.75, 3.05) is 7.11 Å². The Labute approximate surface area is 132 Å². The first kappa shape index (κ1) is 16.0. The molecule has 0 aliphatic rings. The summed E-state index contributed by atoms with van der Waals surface area (Å²) in [5.41, 5.74) is 1.94. The molecule has 22 heavy (non-hydrogen) atoms. The van der Waals surface area contributed by atoms with Crippen molar-refractivity contribution in [3.05, 3.63) is 71.8 Å². The van der Waals surface area contributed by atoms with Crippen molar-refractivity contribution in [2.45, 2.75) is 25.7 Å². The minimum atomic E-state index is -0.299. The van der Waals surface area contributed by atoms with Crippen LogP contribution in [0.3, 0.4) is 0 Å². The lowest BCUT2D eigenvalue weighted by Gasteiger charge is -2.25. The first-order valence-electron chi connectivity index (χ1n) is 7.42. The van der Waals surface area contributed by atoms with Crippen molar-refractivity contribution >= 4 is 11.9 Å². The highest BCUT2D eigenvalue weighted by molar-refractivity contribution is 5.78. The molecule has 0 N–H and O–H groups in total. The maximum absolute atomic E-state index is 11.7. The summed E-state index contributed by atoms with van der Waals surface area (Å²) in [6.07, 6.45) is 4.67. The highest BCUT2D eigenvalue weighted by Crippen LogP contribution is 2.30. The van der Waals surface area contributed by atoms with Gasteiger partial charge in [-0.25, -0.2) is 0 Å². The number of Topliss-reactive ketones (excluding diaryl/α,β-unsaturated/α-hetero) is 1. The predicted octanol–water partition coefficient (Wildman–Crippen LogP) is 4.65. The molecule has 0 amide bonds. The predicted molar refractivity (Wildman–Crippen MR) is 91.1 cm³/mol. The van der Waals surface area contributed by atoms with Crippen LogP contribution >= 0.6 is 0 Å². The molecule has 2 aromatic carbocycles. The van der Waals surface area contributed by atoms with Crippen LogP contribution < -0.4 is 4.74 Å². The lowest BCUT2D eigenvalue weighted by molar-refractivity contribution is -0.117. The molecule has 2 aromatic rings. The van der Waals surface area contributed by atoms with E-state index in [0.717, 1.165) is 16.9 Å². The Morgan fingerprint density at radius 3 is 2.27 bits per heavy atom. The summed E-state index contributed by atoms with van der Waals surface area (Å²) in [6.45, 7) is 3.74. The van der Waals surface area contributed by atoms with Gasteiger partial charge in [-0.3, -0.25) is 4.79 Å². The normalized spacial score (nSPS) is 13.8. The minimum absolute atomic E-state index is 0.186. The van der Waals surface area contributed by atoms with E-state index < -0.39 is 0 Å². The van der Waals surface area contributed by atoms with E-state index in [1.807, 2.05) is 42.5 Å². The zero-order valence-corrected chi connectivity index (χ0v) is 13.4. The fourth-order valence-corrected chi connectivity index (χ4v) is 2.59. The third kappa shape index (κ3) is 4.08. The van der Waals surface area contributed by atoms with Crippen LogP contribution in [0.1, 0.15) is 31.4 Å². The molecule has 0 unspecified atom stereocenters. The van der Waals surface area contributed by atoms with Crippen molar-refractivity contribution in [1.82, 2.24) is 0 Å². The molecular weight excluding hydrogens is 272 g/mol. The molecule has 0 radical (unpaired) electrons. The van der Waals surface area contributed by atoms with Crippen molar-refractivity contribution in [3.63, 3.8) is 0 Å². The maximum Gasteiger partial charge on any atom is 0.131 e. The standard InChI is InChI=1S/C20H22O2/c1-16(21)15-20(2,18-7-5-4-6-8-18)14-13-17-9-11-19(22-3)12-10-17/h4-14H,15H2,1-3H3/b14-13+/t20-/m1/s1. The molecule has 0 aliphatic carbocycles. The van der Waals surface area contributed by atoms with E-state index in [-0.39, 0.29) is 11.2 Å². The Morgan fingerprint density at radius 2 is 1.73 bits per heavy atom. The number of methoxy groups -OCH3 is 1. The molecule has 2 rings (SSSR count). The SMILES string of the molecule is COc1ccc(/C=C/[C@](C)(CC(C)=O)c2ccccc2)cc1. The fourth-order valence-electron chi connectivity index (χ4n) is 2.59. The second kappa shape index (κ2) is 7.08. The van der Waals surface area contributed by atoms with Gasteiger partial charge in [0.1, 0.15) is 11.5 Å². The van der Waals surface area contributed by atoms with E-state index in [1.54, 1.807) is 14.0 Å². The number of ether oxygens (including phenoxy) is 1. The number of carbonyl (C=O) groups is 1. The molecule has 2 heteroatoms. The van der Waals surface area contributed by atoms with Gasteiger partial charge in [-0.15, -0.1) is 0 Å². The zero-order chi connectivity index (χ0) is 16.0. The Bertz CT molecular complexity index is 641. The third-order valence-corrected chi connectivity index (χ3v) is 3.81. The first-order chi connectivity index (χ1) is 10.5.